The van der Waals surface area contributed by atoms with Crippen LogP contribution in [-0.4, -0.2) is 19.4 Å². The van der Waals surface area contributed by atoms with Crippen molar-refractivity contribution in [2.75, 3.05) is 0 Å². The van der Waals surface area contributed by atoms with Crippen molar-refractivity contribution < 1.29 is 12.8 Å². The number of rotatable bonds is 6. The number of halogens is 3. The number of aromatic nitrogens is 1. The Morgan fingerprint density at radius 3 is 2.31 bits per heavy atom. The molecule has 6 nitrogen and oxygen atoms in total. The van der Waals surface area contributed by atoms with Crippen LogP contribution in [0.3, 0.4) is 0 Å². The van der Waals surface area contributed by atoms with E-state index in [1.54, 1.807) is 60.8 Å². The Balaban J connectivity index is 1.65. The molecule has 0 saturated heterocycles. The zero-order valence-corrected chi connectivity index (χ0v) is 20.4. The van der Waals surface area contributed by atoms with E-state index in [1.165, 1.54) is 18.2 Å². The SMILES string of the molecule is NC(=NS(=O)(=O)c1ccccc1)NCc1cnc(-c2ccc(Cl)cc2F)c(-c2ccc(Cl)cc2)c1. The fraction of sp³-hybridized carbons (Fsp3) is 0.0400. The fourth-order valence-corrected chi connectivity index (χ4v) is 4.56. The molecule has 0 saturated carbocycles. The molecule has 0 aliphatic rings. The van der Waals surface area contributed by atoms with E-state index >= 15 is 0 Å². The largest absolute Gasteiger partial charge is 0.369 e. The predicted octanol–water partition coefficient (Wildman–Crippen LogP) is 5.65. The molecule has 0 aliphatic heterocycles. The minimum absolute atomic E-state index is 0.0331. The molecule has 1 heterocycles. The van der Waals surface area contributed by atoms with E-state index in [-0.39, 0.29) is 28.0 Å². The second-order valence-electron chi connectivity index (χ2n) is 7.49. The summed E-state index contributed by atoms with van der Waals surface area (Å²) in [7, 11) is -3.95. The van der Waals surface area contributed by atoms with Gasteiger partial charge in [-0.1, -0.05) is 53.5 Å². The second kappa shape index (κ2) is 10.4. The van der Waals surface area contributed by atoms with Crippen LogP contribution >= 0.6 is 23.2 Å². The quantitative estimate of drug-likeness (QED) is 0.248. The molecule has 0 fully saturated rings. The van der Waals surface area contributed by atoms with Gasteiger partial charge in [-0.25, -0.2) is 4.39 Å². The summed E-state index contributed by atoms with van der Waals surface area (Å²) in [6.07, 6.45) is 1.55. The van der Waals surface area contributed by atoms with Gasteiger partial charge in [0.2, 0.25) is 5.96 Å². The van der Waals surface area contributed by atoms with E-state index in [2.05, 4.69) is 14.7 Å². The number of benzene rings is 3. The van der Waals surface area contributed by atoms with Gasteiger partial charge in [-0.2, -0.15) is 8.42 Å². The maximum atomic E-state index is 14.7. The van der Waals surface area contributed by atoms with Gasteiger partial charge in [0.15, 0.2) is 0 Å². The summed E-state index contributed by atoms with van der Waals surface area (Å²) in [4.78, 5) is 4.52. The van der Waals surface area contributed by atoms with Crippen LogP contribution in [0.2, 0.25) is 10.0 Å². The van der Waals surface area contributed by atoms with Crippen LogP contribution in [0.5, 0.6) is 0 Å². The predicted molar refractivity (Wildman–Crippen MR) is 137 cm³/mol. The van der Waals surface area contributed by atoms with Crippen LogP contribution in [-0.2, 0) is 16.6 Å². The van der Waals surface area contributed by atoms with Gasteiger partial charge in [-0.3, -0.25) is 4.98 Å². The molecule has 4 aromatic rings. The first-order valence-electron chi connectivity index (χ1n) is 10.3. The lowest BCUT2D eigenvalue weighted by Crippen LogP contribution is -2.32. The third kappa shape index (κ3) is 5.97. The topological polar surface area (TPSA) is 97.4 Å². The second-order valence-corrected chi connectivity index (χ2v) is 9.97. The monoisotopic (exact) mass is 528 g/mol. The number of nitrogens with one attached hydrogen (secondary N) is 1. The molecule has 1 aromatic heterocycles. The number of hydrogen-bond acceptors (Lipinski definition) is 3. The minimum Gasteiger partial charge on any atom is -0.369 e. The van der Waals surface area contributed by atoms with Gasteiger partial charge < -0.3 is 11.1 Å². The summed E-state index contributed by atoms with van der Waals surface area (Å²) in [6.45, 7) is 0.136. The molecule has 3 N–H and O–H groups in total. The van der Waals surface area contributed by atoms with Crippen molar-refractivity contribution in [3.05, 3.63) is 106 Å². The van der Waals surface area contributed by atoms with Crippen molar-refractivity contribution in [2.45, 2.75) is 11.4 Å². The van der Waals surface area contributed by atoms with Crippen molar-refractivity contribution in [2.24, 2.45) is 10.1 Å². The molecular formula is C25H19Cl2FN4O2S. The van der Waals surface area contributed by atoms with Crippen LogP contribution in [0.25, 0.3) is 22.4 Å². The molecule has 0 atom stereocenters. The highest BCUT2D eigenvalue weighted by Gasteiger charge is 2.16. The van der Waals surface area contributed by atoms with Gasteiger partial charge >= 0.3 is 0 Å². The summed E-state index contributed by atoms with van der Waals surface area (Å²) in [5, 5.41) is 3.62. The van der Waals surface area contributed by atoms with Crippen molar-refractivity contribution in [1.82, 2.24) is 10.3 Å². The molecule has 0 unspecified atom stereocenters. The highest BCUT2D eigenvalue weighted by atomic mass is 35.5. The maximum Gasteiger partial charge on any atom is 0.285 e. The van der Waals surface area contributed by atoms with E-state index in [9.17, 15) is 12.8 Å². The Labute approximate surface area is 212 Å². The van der Waals surface area contributed by atoms with Crippen molar-refractivity contribution in [1.29, 1.82) is 0 Å². The van der Waals surface area contributed by atoms with Crippen molar-refractivity contribution in [3.63, 3.8) is 0 Å². The number of sulfonamides is 1. The first-order chi connectivity index (χ1) is 16.7. The van der Waals surface area contributed by atoms with E-state index < -0.39 is 15.8 Å². The maximum absolute atomic E-state index is 14.7. The molecule has 0 radical (unpaired) electrons. The van der Waals surface area contributed by atoms with Gasteiger partial charge in [0.1, 0.15) is 5.82 Å². The smallest absolute Gasteiger partial charge is 0.285 e. The average Bonchev–Trinajstić information content (AvgIpc) is 2.84. The molecule has 3 aromatic carbocycles. The highest BCUT2D eigenvalue weighted by Crippen LogP contribution is 2.34. The van der Waals surface area contributed by atoms with Crippen molar-refractivity contribution in [3.8, 4) is 22.4 Å². The lowest BCUT2D eigenvalue weighted by molar-refractivity contribution is 0.597. The van der Waals surface area contributed by atoms with Crippen LogP contribution in [0, 0.1) is 5.82 Å². The molecule has 0 aliphatic carbocycles. The van der Waals surface area contributed by atoms with Gasteiger partial charge in [0.05, 0.1) is 10.6 Å². The Kier molecular flexibility index (Phi) is 7.35. The highest BCUT2D eigenvalue weighted by molar-refractivity contribution is 7.90. The third-order valence-electron chi connectivity index (χ3n) is 5.02. The van der Waals surface area contributed by atoms with E-state index in [0.717, 1.165) is 5.56 Å². The van der Waals surface area contributed by atoms with Crippen LogP contribution in [0.4, 0.5) is 4.39 Å². The summed E-state index contributed by atoms with van der Waals surface area (Å²) in [5.74, 6) is -0.775. The minimum atomic E-state index is -3.95. The van der Waals surface area contributed by atoms with Crippen LogP contribution in [0.15, 0.2) is 94.4 Å². The van der Waals surface area contributed by atoms with Crippen molar-refractivity contribution >= 4 is 39.2 Å². The lowest BCUT2D eigenvalue weighted by Gasteiger charge is -2.13. The molecule has 4 rings (SSSR count). The van der Waals surface area contributed by atoms with Crippen LogP contribution in [0.1, 0.15) is 5.56 Å². The van der Waals surface area contributed by atoms with Gasteiger partial charge in [0, 0.05) is 33.9 Å². The first kappa shape index (κ1) is 24.7. The van der Waals surface area contributed by atoms with Gasteiger partial charge in [0.25, 0.3) is 10.0 Å². The van der Waals surface area contributed by atoms with E-state index in [0.29, 0.717) is 21.8 Å². The van der Waals surface area contributed by atoms with Crippen LogP contribution < -0.4 is 11.1 Å². The standard InChI is InChI=1S/C25H19Cl2FN4O2S/c26-18-8-6-17(7-9-18)22-12-16(14-30-24(22)21-11-10-19(27)13-23(21)28)15-31-25(29)32-35(33,34)20-4-2-1-3-5-20/h1-14H,15H2,(H3,29,31,32). The number of guanidine groups is 1. The normalized spacial score (nSPS) is 11.9. The number of pyridine rings is 1. The number of nitrogens with two attached hydrogens (primary N) is 1. The Hall–Kier alpha value is -3.46. The molecule has 35 heavy (non-hydrogen) atoms. The third-order valence-corrected chi connectivity index (χ3v) is 6.81. The zero-order chi connectivity index (χ0) is 25.0. The summed E-state index contributed by atoms with van der Waals surface area (Å²) in [6, 6.07) is 21.0. The van der Waals surface area contributed by atoms with E-state index in [4.69, 9.17) is 28.9 Å². The first-order valence-corrected chi connectivity index (χ1v) is 12.5. The number of hydrogen-bond donors (Lipinski definition) is 2. The Morgan fingerprint density at radius 2 is 1.63 bits per heavy atom. The molecule has 178 valence electrons. The molecular weight excluding hydrogens is 510 g/mol. The van der Waals surface area contributed by atoms with Gasteiger partial charge in [-0.15, -0.1) is 4.40 Å². The Morgan fingerprint density at radius 1 is 0.943 bits per heavy atom. The molecule has 0 bridgehead atoms. The van der Waals surface area contributed by atoms with E-state index in [1.807, 2.05) is 6.07 Å². The summed E-state index contributed by atoms with van der Waals surface area (Å²) in [5.41, 5.74) is 8.61. The van der Waals surface area contributed by atoms with Gasteiger partial charge in [-0.05, 0) is 59.7 Å². The lowest BCUT2D eigenvalue weighted by atomic mass is 9.97. The molecule has 0 spiro atoms. The summed E-state index contributed by atoms with van der Waals surface area (Å²) < 4.78 is 43.1. The molecule has 10 heteroatoms. The fourth-order valence-electron chi connectivity index (χ4n) is 3.35. The Bertz CT molecular complexity index is 1500. The number of nitrogens with zero attached hydrogens (tertiary/aromatic N) is 2. The summed E-state index contributed by atoms with van der Waals surface area (Å²) >= 11 is 11.9. The zero-order valence-electron chi connectivity index (χ0n) is 18.1. The molecule has 0 amide bonds. The average molecular weight is 529 g/mol.